The monoisotopic (exact) mass is 371 g/mol. The molecule has 0 radical (unpaired) electrons. The van der Waals surface area contributed by atoms with Crippen molar-refractivity contribution in [3.05, 3.63) is 47.2 Å². The van der Waals surface area contributed by atoms with Gasteiger partial charge in [0.05, 0.1) is 0 Å². The molecule has 0 spiro atoms. The van der Waals surface area contributed by atoms with E-state index in [0.717, 1.165) is 55.6 Å². The van der Waals surface area contributed by atoms with Crippen LogP contribution in [0.1, 0.15) is 18.4 Å². The van der Waals surface area contributed by atoms with Crippen molar-refractivity contribution in [2.24, 2.45) is 0 Å². The summed E-state index contributed by atoms with van der Waals surface area (Å²) in [4.78, 5) is 27.8. The Kier molecular flexibility index (Phi) is 4.93. The van der Waals surface area contributed by atoms with Crippen LogP contribution in [0.2, 0.25) is 5.02 Å². The third kappa shape index (κ3) is 3.46. The number of rotatable bonds is 1. The van der Waals surface area contributed by atoms with E-state index in [1.54, 1.807) is 12.4 Å². The molecule has 0 N–H and O–H groups in total. The molecule has 6 nitrogen and oxygen atoms in total. The zero-order valence-electron chi connectivity index (χ0n) is 14.6. The number of benzene rings is 1. The topological polar surface area (TPSA) is 52.6 Å². The second kappa shape index (κ2) is 7.50. The van der Waals surface area contributed by atoms with Gasteiger partial charge < -0.3 is 9.80 Å². The normalized spacial score (nSPS) is 17.7. The summed E-state index contributed by atoms with van der Waals surface area (Å²) in [6.07, 6.45) is 6.56. The number of carbonyl (C=O) groups excluding carboxylic acids is 1. The fraction of sp³-hybridized carbons (Fsp3) is 0.421. The third-order valence-electron chi connectivity index (χ3n) is 5.03. The van der Waals surface area contributed by atoms with Gasteiger partial charge in [-0.05, 0) is 49.1 Å². The van der Waals surface area contributed by atoms with Crippen LogP contribution in [-0.2, 0) is 6.42 Å². The molecular weight excluding hydrogens is 350 g/mol. The molecule has 2 aromatic rings. The Bertz CT molecular complexity index is 777. The van der Waals surface area contributed by atoms with E-state index in [1.807, 2.05) is 34.1 Å². The van der Waals surface area contributed by atoms with E-state index < -0.39 is 0 Å². The largest absolute Gasteiger partial charge is 0.337 e. The van der Waals surface area contributed by atoms with Crippen molar-refractivity contribution >= 4 is 29.3 Å². The average molecular weight is 372 g/mol. The summed E-state index contributed by atoms with van der Waals surface area (Å²) >= 11 is 6.15. The first-order valence-corrected chi connectivity index (χ1v) is 9.47. The second-order valence-corrected chi connectivity index (χ2v) is 7.12. The molecule has 0 bridgehead atoms. The molecule has 2 amide bonds. The number of nitrogens with zero attached hydrogens (tertiary/aromatic N) is 5. The van der Waals surface area contributed by atoms with E-state index in [0.29, 0.717) is 13.1 Å². The van der Waals surface area contributed by atoms with Gasteiger partial charge in [-0.25, -0.2) is 14.8 Å². The number of fused-ring (bicyclic) bond motifs is 1. The lowest BCUT2D eigenvalue weighted by atomic mass is 10.1. The summed E-state index contributed by atoms with van der Waals surface area (Å²) < 4.78 is 0. The molecule has 1 fully saturated rings. The van der Waals surface area contributed by atoms with Crippen molar-refractivity contribution in [1.29, 1.82) is 0 Å². The lowest BCUT2D eigenvalue weighted by Crippen LogP contribution is -2.53. The molecule has 2 aliphatic heterocycles. The Balaban J connectivity index is 1.47. The summed E-state index contributed by atoms with van der Waals surface area (Å²) in [6.45, 7) is 3.61. The number of urea groups is 1. The molecule has 2 aliphatic rings. The minimum Gasteiger partial charge on any atom is -0.337 e. The van der Waals surface area contributed by atoms with E-state index in [4.69, 9.17) is 11.6 Å². The first kappa shape index (κ1) is 17.1. The Morgan fingerprint density at radius 1 is 1.00 bits per heavy atom. The highest BCUT2D eigenvalue weighted by Gasteiger charge is 2.28. The first-order chi connectivity index (χ1) is 12.7. The highest BCUT2D eigenvalue weighted by Crippen LogP contribution is 2.30. The summed E-state index contributed by atoms with van der Waals surface area (Å²) in [6, 6.07) is 7.74. The Hall–Kier alpha value is -2.34. The number of amides is 2. The molecule has 0 saturated carbocycles. The summed E-state index contributed by atoms with van der Waals surface area (Å²) in [5.74, 6) is 0.731. The van der Waals surface area contributed by atoms with Gasteiger partial charge >= 0.3 is 6.03 Å². The van der Waals surface area contributed by atoms with E-state index in [-0.39, 0.29) is 6.03 Å². The fourth-order valence-electron chi connectivity index (χ4n) is 3.65. The van der Waals surface area contributed by atoms with Crippen molar-refractivity contribution in [2.75, 3.05) is 42.5 Å². The van der Waals surface area contributed by atoms with Gasteiger partial charge in [0.2, 0.25) is 5.95 Å². The summed E-state index contributed by atoms with van der Waals surface area (Å²) in [7, 11) is 0. The Morgan fingerprint density at radius 3 is 2.54 bits per heavy atom. The molecule has 3 heterocycles. The van der Waals surface area contributed by atoms with Crippen molar-refractivity contribution in [3.63, 3.8) is 0 Å². The molecule has 7 heteroatoms. The molecule has 136 valence electrons. The minimum absolute atomic E-state index is 0.0871. The predicted molar refractivity (Wildman–Crippen MR) is 103 cm³/mol. The van der Waals surface area contributed by atoms with Gasteiger partial charge in [-0.2, -0.15) is 0 Å². The van der Waals surface area contributed by atoms with Crippen molar-refractivity contribution < 1.29 is 4.79 Å². The lowest BCUT2D eigenvalue weighted by molar-refractivity contribution is 0.200. The SMILES string of the molecule is O=C(N1CCN(c2ncccn2)CC1)N1CCCCc2cc(Cl)ccc21. The van der Waals surface area contributed by atoms with E-state index >= 15 is 0 Å². The summed E-state index contributed by atoms with van der Waals surface area (Å²) in [5.41, 5.74) is 2.17. The quantitative estimate of drug-likeness (QED) is 0.772. The standard InChI is InChI=1S/C19H22ClN5O/c20-16-5-6-17-15(14-16)4-1-2-9-25(17)19(26)24-12-10-23(11-13-24)18-21-7-3-8-22-18/h3,5-8,14H,1-2,4,9-13H2. The van der Waals surface area contributed by atoms with Crippen LogP contribution in [0.5, 0.6) is 0 Å². The number of piperazine rings is 1. The van der Waals surface area contributed by atoms with E-state index in [1.165, 1.54) is 5.56 Å². The molecule has 0 aliphatic carbocycles. The molecular formula is C19H22ClN5O. The van der Waals surface area contributed by atoms with Gasteiger partial charge in [0.1, 0.15) is 0 Å². The van der Waals surface area contributed by atoms with Crippen molar-refractivity contribution in [1.82, 2.24) is 14.9 Å². The van der Waals surface area contributed by atoms with Crippen LogP contribution >= 0.6 is 11.6 Å². The smallest absolute Gasteiger partial charge is 0.324 e. The average Bonchev–Trinajstić information content (AvgIpc) is 2.90. The van der Waals surface area contributed by atoms with Gasteiger partial charge in [-0.1, -0.05) is 11.6 Å². The number of anilines is 2. The van der Waals surface area contributed by atoms with Gasteiger partial charge in [-0.15, -0.1) is 0 Å². The Morgan fingerprint density at radius 2 is 1.77 bits per heavy atom. The number of aromatic nitrogens is 2. The van der Waals surface area contributed by atoms with Crippen molar-refractivity contribution in [2.45, 2.75) is 19.3 Å². The van der Waals surface area contributed by atoms with Crippen LogP contribution < -0.4 is 9.80 Å². The molecule has 1 aromatic carbocycles. The maximum Gasteiger partial charge on any atom is 0.324 e. The molecule has 1 saturated heterocycles. The second-order valence-electron chi connectivity index (χ2n) is 6.69. The van der Waals surface area contributed by atoms with Gasteiger partial charge in [0.25, 0.3) is 0 Å². The number of carbonyl (C=O) groups is 1. The molecule has 26 heavy (non-hydrogen) atoms. The number of hydrogen-bond donors (Lipinski definition) is 0. The zero-order chi connectivity index (χ0) is 17.9. The molecule has 0 unspecified atom stereocenters. The lowest BCUT2D eigenvalue weighted by Gasteiger charge is -2.37. The van der Waals surface area contributed by atoms with Crippen LogP contribution in [-0.4, -0.2) is 53.6 Å². The number of aryl methyl sites for hydroxylation is 1. The number of halogens is 1. The van der Waals surface area contributed by atoms with E-state index in [9.17, 15) is 4.79 Å². The highest BCUT2D eigenvalue weighted by molar-refractivity contribution is 6.30. The van der Waals surface area contributed by atoms with Crippen LogP contribution in [0.15, 0.2) is 36.7 Å². The maximum atomic E-state index is 13.2. The van der Waals surface area contributed by atoms with E-state index in [2.05, 4.69) is 14.9 Å². The summed E-state index contributed by atoms with van der Waals surface area (Å²) in [5, 5.41) is 0.731. The van der Waals surface area contributed by atoms with Crippen LogP contribution in [0.3, 0.4) is 0 Å². The zero-order valence-corrected chi connectivity index (χ0v) is 15.4. The van der Waals surface area contributed by atoms with Crippen LogP contribution in [0, 0.1) is 0 Å². The first-order valence-electron chi connectivity index (χ1n) is 9.09. The molecule has 0 atom stereocenters. The Labute approximate surface area is 158 Å². The van der Waals surface area contributed by atoms with Crippen LogP contribution in [0.25, 0.3) is 0 Å². The maximum absolute atomic E-state index is 13.2. The molecule has 4 rings (SSSR count). The fourth-order valence-corrected chi connectivity index (χ4v) is 3.84. The molecule has 1 aromatic heterocycles. The highest BCUT2D eigenvalue weighted by atomic mass is 35.5. The number of hydrogen-bond acceptors (Lipinski definition) is 4. The van der Waals surface area contributed by atoms with Gasteiger partial charge in [0, 0.05) is 55.8 Å². The van der Waals surface area contributed by atoms with Crippen molar-refractivity contribution in [3.8, 4) is 0 Å². The van der Waals surface area contributed by atoms with Crippen LogP contribution in [0.4, 0.5) is 16.4 Å². The predicted octanol–water partition coefficient (Wildman–Crippen LogP) is 3.21. The minimum atomic E-state index is 0.0871. The van der Waals surface area contributed by atoms with Gasteiger partial charge in [0.15, 0.2) is 0 Å². The van der Waals surface area contributed by atoms with Gasteiger partial charge in [-0.3, -0.25) is 4.90 Å². The third-order valence-corrected chi connectivity index (χ3v) is 5.26.